The summed E-state index contributed by atoms with van der Waals surface area (Å²) >= 11 is 0. The largest absolute Gasteiger partial charge is 0.481 e. The third-order valence-corrected chi connectivity index (χ3v) is 4.69. The van der Waals surface area contributed by atoms with E-state index in [0.717, 1.165) is 17.5 Å². The number of carboxylic acids is 1. The number of H-pyrrole nitrogens is 1. The number of carbonyl (C=O) groups is 2. The van der Waals surface area contributed by atoms with Gasteiger partial charge in [-0.15, -0.1) is 0 Å². The van der Waals surface area contributed by atoms with Gasteiger partial charge in [0.1, 0.15) is 0 Å². The van der Waals surface area contributed by atoms with Gasteiger partial charge in [0, 0.05) is 29.6 Å². The van der Waals surface area contributed by atoms with Crippen LogP contribution in [0.15, 0.2) is 24.4 Å². The van der Waals surface area contributed by atoms with Gasteiger partial charge in [-0.1, -0.05) is 11.6 Å². The summed E-state index contributed by atoms with van der Waals surface area (Å²) in [6, 6.07) is 6.26. The van der Waals surface area contributed by atoms with Crippen LogP contribution in [0.2, 0.25) is 0 Å². The molecule has 5 nitrogen and oxygen atoms in total. The van der Waals surface area contributed by atoms with E-state index in [2.05, 4.69) is 35.4 Å². The molecule has 0 aliphatic heterocycles. The van der Waals surface area contributed by atoms with E-state index in [1.54, 1.807) is 0 Å². The van der Waals surface area contributed by atoms with Gasteiger partial charge in [0.15, 0.2) is 0 Å². The number of carboxylic acid groups (broad SMARTS) is 1. The van der Waals surface area contributed by atoms with Crippen molar-refractivity contribution in [3.05, 3.63) is 35.5 Å². The maximum absolute atomic E-state index is 12.1. The lowest BCUT2D eigenvalue weighted by Crippen LogP contribution is -2.33. The third-order valence-electron chi connectivity index (χ3n) is 4.69. The first-order valence-corrected chi connectivity index (χ1v) is 8.11. The zero-order valence-corrected chi connectivity index (χ0v) is 13.3. The van der Waals surface area contributed by atoms with Crippen molar-refractivity contribution in [1.29, 1.82) is 0 Å². The summed E-state index contributed by atoms with van der Waals surface area (Å²) in [7, 11) is 0. The molecular weight excluding hydrogens is 292 g/mol. The number of fused-ring (bicyclic) bond motifs is 1. The van der Waals surface area contributed by atoms with Gasteiger partial charge in [0.05, 0.1) is 5.92 Å². The topological polar surface area (TPSA) is 82.2 Å². The van der Waals surface area contributed by atoms with Crippen LogP contribution in [0.4, 0.5) is 0 Å². The van der Waals surface area contributed by atoms with Crippen molar-refractivity contribution in [2.24, 2.45) is 5.92 Å². The van der Waals surface area contributed by atoms with Gasteiger partial charge in [-0.3, -0.25) is 9.59 Å². The van der Waals surface area contributed by atoms with Gasteiger partial charge >= 0.3 is 5.97 Å². The van der Waals surface area contributed by atoms with Gasteiger partial charge in [-0.25, -0.2) is 0 Å². The first kappa shape index (κ1) is 15.6. The highest BCUT2D eigenvalue weighted by Gasteiger charge is 2.30. The number of hydrogen-bond acceptors (Lipinski definition) is 2. The highest BCUT2D eigenvalue weighted by Crippen LogP contribution is 2.26. The van der Waals surface area contributed by atoms with E-state index in [4.69, 9.17) is 5.11 Å². The number of amides is 1. The van der Waals surface area contributed by atoms with Crippen molar-refractivity contribution in [1.82, 2.24) is 10.3 Å². The van der Waals surface area contributed by atoms with Gasteiger partial charge < -0.3 is 15.4 Å². The van der Waals surface area contributed by atoms with Crippen molar-refractivity contribution < 1.29 is 14.7 Å². The second-order valence-corrected chi connectivity index (χ2v) is 6.48. The van der Waals surface area contributed by atoms with Crippen LogP contribution in [0.25, 0.3) is 10.9 Å². The Morgan fingerprint density at radius 1 is 1.35 bits per heavy atom. The molecule has 1 aliphatic carbocycles. The number of aromatic nitrogens is 1. The summed E-state index contributed by atoms with van der Waals surface area (Å²) in [4.78, 5) is 26.3. The Hall–Kier alpha value is -2.30. The Bertz CT molecular complexity index is 735. The number of aliphatic carboxylic acids is 1. The molecule has 2 atom stereocenters. The average Bonchev–Trinajstić information content (AvgIpc) is 3.12. The van der Waals surface area contributed by atoms with Gasteiger partial charge in [0.2, 0.25) is 5.91 Å². The van der Waals surface area contributed by atoms with E-state index < -0.39 is 5.97 Å². The molecule has 1 aromatic carbocycles. The van der Waals surface area contributed by atoms with Crippen LogP contribution in [0.5, 0.6) is 0 Å². The van der Waals surface area contributed by atoms with Crippen LogP contribution in [-0.4, -0.2) is 28.0 Å². The van der Waals surface area contributed by atoms with Crippen LogP contribution in [0.3, 0.4) is 0 Å². The highest BCUT2D eigenvalue weighted by molar-refractivity contribution is 5.85. The van der Waals surface area contributed by atoms with Crippen LogP contribution >= 0.6 is 0 Å². The molecule has 1 aliphatic rings. The monoisotopic (exact) mass is 314 g/mol. The van der Waals surface area contributed by atoms with Crippen LogP contribution in [0, 0.1) is 12.8 Å². The zero-order valence-electron chi connectivity index (χ0n) is 13.3. The minimum Gasteiger partial charge on any atom is -0.481 e. The maximum atomic E-state index is 12.1. The smallest absolute Gasteiger partial charge is 0.306 e. The number of benzene rings is 1. The fourth-order valence-electron chi connectivity index (χ4n) is 3.38. The van der Waals surface area contributed by atoms with Crippen molar-refractivity contribution in [2.75, 3.05) is 0 Å². The lowest BCUT2D eigenvalue weighted by molar-refractivity contribution is -0.141. The second kappa shape index (κ2) is 6.44. The molecule has 1 aromatic heterocycles. The van der Waals surface area contributed by atoms with E-state index in [1.165, 1.54) is 10.9 Å². The molecule has 0 bridgehead atoms. The van der Waals surface area contributed by atoms with Gasteiger partial charge in [-0.2, -0.15) is 0 Å². The minimum absolute atomic E-state index is 0.00282. The normalized spacial score (nSPS) is 20.7. The first-order chi connectivity index (χ1) is 11.0. The number of hydrogen-bond donors (Lipinski definition) is 3. The van der Waals surface area contributed by atoms with Crippen LogP contribution < -0.4 is 5.32 Å². The SMILES string of the molecule is Cc1ccc2[nH]cc(CCC(=O)N[C@H]3CC[C@@H](C(=O)O)C3)c2c1. The second-order valence-electron chi connectivity index (χ2n) is 6.48. The molecule has 1 fully saturated rings. The summed E-state index contributed by atoms with van der Waals surface area (Å²) in [5.41, 5.74) is 3.44. The molecule has 0 saturated heterocycles. The molecule has 0 radical (unpaired) electrons. The molecule has 1 saturated carbocycles. The average molecular weight is 314 g/mol. The zero-order chi connectivity index (χ0) is 16.4. The summed E-state index contributed by atoms with van der Waals surface area (Å²) in [5, 5.41) is 13.1. The summed E-state index contributed by atoms with van der Waals surface area (Å²) in [5.74, 6) is -1.06. The summed E-state index contributed by atoms with van der Waals surface area (Å²) < 4.78 is 0. The number of rotatable bonds is 5. The standard InChI is InChI=1S/C18H22N2O3/c1-11-2-6-16-15(8-11)13(10-19-16)4-7-17(21)20-14-5-3-12(9-14)18(22)23/h2,6,8,10,12,14,19H,3-5,7,9H2,1H3,(H,20,21)(H,22,23)/t12-,14+/m1/s1. The molecule has 3 rings (SSSR count). The Labute approximate surface area is 135 Å². The first-order valence-electron chi connectivity index (χ1n) is 8.11. The van der Waals surface area contributed by atoms with Crippen LogP contribution in [0.1, 0.15) is 36.8 Å². The van der Waals surface area contributed by atoms with Gasteiger partial charge in [0.25, 0.3) is 0 Å². The van der Waals surface area contributed by atoms with E-state index in [9.17, 15) is 9.59 Å². The predicted octanol–water partition coefficient (Wildman–Crippen LogP) is 2.78. The maximum Gasteiger partial charge on any atom is 0.306 e. The highest BCUT2D eigenvalue weighted by atomic mass is 16.4. The van der Waals surface area contributed by atoms with E-state index in [1.807, 2.05) is 6.20 Å². The molecule has 1 amide bonds. The Morgan fingerprint density at radius 3 is 2.91 bits per heavy atom. The fraction of sp³-hybridized carbons (Fsp3) is 0.444. The molecule has 23 heavy (non-hydrogen) atoms. The Morgan fingerprint density at radius 2 is 2.17 bits per heavy atom. The number of carbonyl (C=O) groups excluding carboxylic acids is 1. The Balaban J connectivity index is 1.54. The minimum atomic E-state index is -0.754. The molecule has 122 valence electrons. The molecule has 3 N–H and O–H groups in total. The lowest BCUT2D eigenvalue weighted by Gasteiger charge is -2.12. The summed E-state index contributed by atoms with van der Waals surface area (Å²) in [6.45, 7) is 2.06. The lowest BCUT2D eigenvalue weighted by atomic mass is 10.1. The summed E-state index contributed by atoms with van der Waals surface area (Å²) in [6.07, 6.45) is 5.04. The molecule has 0 unspecified atom stereocenters. The van der Waals surface area contributed by atoms with Gasteiger partial charge in [-0.05, 0) is 50.3 Å². The quantitative estimate of drug-likeness (QED) is 0.793. The van der Waals surface area contributed by atoms with Crippen molar-refractivity contribution in [3.63, 3.8) is 0 Å². The predicted molar refractivity (Wildman–Crippen MR) is 88.3 cm³/mol. The Kier molecular flexibility index (Phi) is 4.37. The van der Waals surface area contributed by atoms with Crippen molar-refractivity contribution >= 4 is 22.8 Å². The number of nitrogens with one attached hydrogen (secondary N) is 2. The van der Waals surface area contributed by atoms with Crippen molar-refractivity contribution in [3.8, 4) is 0 Å². The molecule has 2 aromatic rings. The molecule has 0 spiro atoms. The molecule has 5 heteroatoms. The molecule has 1 heterocycles. The van der Waals surface area contributed by atoms with Crippen LogP contribution in [-0.2, 0) is 16.0 Å². The number of aryl methyl sites for hydroxylation is 2. The van der Waals surface area contributed by atoms with E-state index >= 15 is 0 Å². The third kappa shape index (κ3) is 3.55. The number of aromatic amines is 1. The fourth-order valence-corrected chi connectivity index (χ4v) is 3.38. The van der Waals surface area contributed by atoms with E-state index in [0.29, 0.717) is 25.7 Å². The molecular formula is C18H22N2O3. The van der Waals surface area contributed by atoms with Crippen molar-refractivity contribution in [2.45, 2.75) is 45.1 Å². The van der Waals surface area contributed by atoms with E-state index in [-0.39, 0.29) is 17.9 Å².